The van der Waals surface area contributed by atoms with Crippen molar-refractivity contribution >= 4 is 35.1 Å². The third-order valence-corrected chi connectivity index (χ3v) is 5.38. The van der Waals surface area contributed by atoms with E-state index in [4.69, 9.17) is 21.9 Å². The highest BCUT2D eigenvalue weighted by atomic mass is 19.1. The molecule has 198 valence electrons. The van der Waals surface area contributed by atoms with Crippen molar-refractivity contribution in [1.29, 1.82) is 0 Å². The van der Waals surface area contributed by atoms with E-state index in [1.807, 2.05) is 0 Å². The van der Waals surface area contributed by atoms with Gasteiger partial charge in [-0.3, -0.25) is 19.4 Å². The largest absolute Gasteiger partial charge is 0.485 e. The average molecular weight is 516 g/mol. The van der Waals surface area contributed by atoms with Gasteiger partial charge < -0.3 is 37.9 Å². The molecule has 0 spiro atoms. The normalized spacial score (nSPS) is 14.6. The predicted octanol–water partition coefficient (Wildman–Crippen LogP) is 0.420. The fraction of sp³-hybridized carbons (Fsp3) is 0.391. The lowest BCUT2D eigenvalue weighted by atomic mass is 10.1. The van der Waals surface area contributed by atoms with Crippen LogP contribution in [0.2, 0.25) is 0 Å². The van der Waals surface area contributed by atoms with Crippen LogP contribution in [0.25, 0.3) is 0 Å². The second-order valence-electron chi connectivity index (χ2n) is 8.31. The van der Waals surface area contributed by atoms with Crippen LogP contribution in [0.3, 0.4) is 0 Å². The summed E-state index contributed by atoms with van der Waals surface area (Å²) in [6, 6.07) is 4.01. The molecule has 1 aromatic heterocycles. The summed E-state index contributed by atoms with van der Waals surface area (Å²) < 4.78 is 19.9. The third kappa shape index (κ3) is 8.10. The summed E-state index contributed by atoms with van der Waals surface area (Å²) in [7, 11) is 0. The van der Waals surface area contributed by atoms with Crippen LogP contribution in [0.1, 0.15) is 52.2 Å². The molecule has 3 rings (SSSR count). The first-order chi connectivity index (χ1) is 17.8. The lowest BCUT2D eigenvalue weighted by Crippen LogP contribution is -2.23. The third-order valence-electron chi connectivity index (χ3n) is 5.38. The van der Waals surface area contributed by atoms with E-state index >= 15 is 0 Å². The molecule has 37 heavy (non-hydrogen) atoms. The number of primary amides is 1. The Bertz CT molecular complexity index is 1160. The van der Waals surface area contributed by atoms with E-state index in [0.29, 0.717) is 32.4 Å². The predicted molar refractivity (Wildman–Crippen MR) is 135 cm³/mol. The molecule has 1 aromatic carbocycles. The number of alkyl halides is 1. The SMILES string of the molecule is NC(=O)c1cc(C(=O)Nc2cc(CF)cc(NC(=O)CCCCN=C(N)N)c2OC2CCNC2)ncn1. The van der Waals surface area contributed by atoms with Crippen LogP contribution in [-0.4, -0.2) is 59.4 Å². The Morgan fingerprint density at radius 2 is 1.81 bits per heavy atom. The maximum absolute atomic E-state index is 13.7. The molecule has 2 aromatic rings. The van der Waals surface area contributed by atoms with Crippen molar-refractivity contribution in [3.05, 3.63) is 41.5 Å². The summed E-state index contributed by atoms with van der Waals surface area (Å²) in [5, 5.41) is 8.58. The maximum atomic E-state index is 13.7. The topological polar surface area (TPSA) is 213 Å². The second kappa shape index (κ2) is 13.1. The number of aromatic nitrogens is 2. The van der Waals surface area contributed by atoms with E-state index in [1.54, 1.807) is 0 Å². The number of halogens is 1. The van der Waals surface area contributed by atoms with E-state index in [9.17, 15) is 18.8 Å². The number of anilines is 2. The van der Waals surface area contributed by atoms with E-state index in [0.717, 1.165) is 18.9 Å². The highest BCUT2D eigenvalue weighted by Crippen LogP contribution is 2.37. The summed E-state index contributed by atoms with van der Waals surface area (Å²) in [5.41, 5.74) is 16.1. The summed E-state index contributed by atoms with van der Waals surface area (Å²) in [4.78, 5) is 48.5. The standard InChI is InChI=1S/C23H30FN9O4/c24-10-13-7-15(32-19(34)3-1-2-5-29-23(26)27)20(37-14-4-6-28-11-14)16(8-13)33-22(36)18-9-17(21(25)35)30-12-31-18/h7-9,12,14,28H,1-6,10-11H2,(H2,25,35)(H,32,34)(H,33,36)(H4,26,27,29). The van der Waals surface area contributed by atoms with Gasteiger partial charge >= 0.3 is 0 Å². The molecule has 0 aliphatic carbocycles. The van der Waals surface area contributed by atoms with Gasteiger partial charge in [0.05, 0.1) is 11.4 Å². The van der Waals surface area contributed by atoms with Crippen molar-refractivity contribution < 1.29 is 23.5 Å². The molecular formula is C23H30FN9O4. The number of hydrogen-bond donors (Lipinski definition) is 6. The minimum atomic E-state index is -0.852. The molecule has 1 aliphatic heterocycles. The van der Waals surface area contributed by atoms with Crippen LogP contribution >= 0.6 is 0 Å². The van der Waals surface area contributed by atoms with Crippen molar-refractivity contribution in [3.8, 4) is 5.75 Å². The van der Waals surface area contributed by atoms with Gasteiger partial charge in [0.1, 0.15) is 30.5 Å². The summed E-state index contributed by atoms with van der Waals surface area (Å²) in [5.74, 6) is -1.69. The van der Waals surface area contributed by atoms with E-state index < -0.39 is 18.5 Å². The number of carbonyl (C=O) groups is 3. The number of rotatable bonds is 12. The number of guanidine groups is 1. The molecule has 1 atom stereocenters. The van der Waals surface area contributed by atoms with Gasteiger partial charge in [-0.15, -0.1) is 0 Å². The zero-order chi connectivity index (χ0) is 26.8. The monoisotopic (exact) mass is 515 g/mol. The molecule has 0 saturated carbocycles. The van der Waals surface area contributed by atoms with Gasteiger partial charge in [-0.1, -0.05) is 0 Å². The van der Waals surface area contributed by atoms with Crippen molar-refractivity contribution in [2.24, 2.45) is 22.2 Å². The number of unbranched alkanes of at least 4 members (excludes halogenated alkanes) is 1. The Morgan fingerprint density at radius 3 is 2.46 bits per heavy atom. The van der Waals surface area contributed by atoms with Crippen LogP contribution in [0.4, 0.5) is 15.8 Å². The van der Waals surface area contributed by atoms with Crippen LogP contribution in [0.15, 0.2) is 29.5 Å². The Kier molecular flexibility index (Phi) is 9.66. The number of amides is 3. The van der Waals surface area contributed by atoms with Gasteiger partial charge in [0.15, 0.2) is 11.7 Å². The Balaban J connectivity index is 1.85. The van der Waals surface area contributed by atoms with Crippen LogP contribution in [0.5, 0.6) is 5.75 Å². The van der Waals surface area contributed by atoms with E-state index in [1.165, 1.54) is 12.1 Å². The van der Waals surface area contributed by atoms with Crippen molar-refractivity contribution in [2.45, 2.75) is 38.5 Å². The summed E-state index contributed by atoms with van der Waals surface area (Å²) in [6.07, 6.45) is 2.79. The van der Waals surface area contributed by atoms with Gasteiger partial charge in [-0.05, 0) is 43.5 Å². The second-order valence-corrected chi connectivity index (χ2v) is 8.31. The first kappa shape index (κ1) is 27.3. The van der Waals surface area contributed by atoms with E-state index in [2.05, 4.69) is 30.9 Å². The quantitative estimate of drug-likeness (QED) is 0.131. The number of hydrogen-bond acceptors (Lipinski definition) is 8. The lowest BCUT2D eigenvalue weighted by Gasteiger charge is -2.21. The molecule has 1 fully saturated rings. The van der Waals surface area contributed by atoms with Crippen molar-refractivity contribution in [1.82, 2.24) is 15.3 Å². The molecule has 9 N–H and O–H groups in total. The highest BCUT2D eigenvalue weighted by molar-refractivity contribution is 6.06. The van der Waals surface area contributed by atoms with Crippen LogP contribution in [-0.2, 0) is 11.5 Å². The van der Waals surface area contributed by atoms with Crippen LogP contribution in [0, 0.1) is 0 Å². The van der Waals surface area contributed by atoms with Crippen molar-refractivity contribution in [3.63, 3.8) is 0 Å². The number of ether oxygens (including phenoxy) is 1. The lowest BCUT2D eigenvalue weighted by molar-refractivity contribution is -0.116. The van der Waals surface area contributed by atoms with Gasteiger partial charge in [0, 0.05) is 25.6 Å². The average Bonchev–Trinajstić information content (AvgIpc) is 3.38. The molecule has 2 heterocycles. The number of nitrogens with two attached hydrogens (primary N) is 3. The minimum absolute atomic E-state index is 0.0157. The fourth-order valence-electron chi connectivity index (χ4n) is 3.59. The Hall–Kier alpha value is -4.33. The maximum Gasteiger partial charge on any atom is 0.274 e. The van der Waals surface area contributed by atoms with E-state index in [-0.39, 0.29) is 58.5 Å². The highest BCUT2D eigenvalue weighted by Gasteiger charge is 2.23. The summed E-state index contributed by atoms with van der Waals surface area (Å²) >= 11 is 0. The molecular weight excluding hydrogens is 485 g/mol. The van der Waals surface area contributed by atoms with Gasteiger partial charge in [0.25, 0.3) is 11.8 Å². The van der Waals surface area contributed by atoms with Gasteiger partial charge in [-0.25, -0.2) is 14.4 Å². The molecule has 0 radical (unpaired) electrons. The Morgan fingerprint density at radius 1 is 1.08 bits per heavy atom. The smallest absolute Gasteiger partial charge is 0.274 e. The van der Waals surface area contributed by atoms with Gasteiger partial charge in [0.2, 0.25) is 5.91 Å². The number of benzene rings is 1. The Labute approximate surface area is 212 Å². The first-order valence-electron chi connectivity index (χ1n) is 11.7. The molecule has 13 nitrogen and oxygen atoms in total. The zero-order valence-electron chi connectivity index (χ0n) is 20.1. The molecule has 3 amide bonds. The molecule has 0 bridgehead atoms. The molecule has 1 saturated heterocycles. The fourth-order valence-corrected chi connectivity index (χ4v) is 3.59. The van der Waals surface area contributed by atoms with Crippen LogP contribution < -0.4 is 37.9 Å². The van der Waals surface area contributed by atoms with Gasteiger partial charge in [-0.2, -0.15) is 0 Å². The molecule has 14 heteroatoms. The molecule has 1 unspecified atom stereocenters. The summed E-state index contributed by atoms with van der Waals surface area (Å²) in [6.45, 7) is 0.842. The number of nitrogens with one attached hydrogen (secondary N) is 3. The van der Waals surface area contributed by atoms with Crippen molar-refractivity contribution in [2.75, 3.05) is 30.3 Å². The number of carbonyl (C=O) groups excluding carboxylic acids is 3. The molecule has 1 aliphatic rings. The number of nitrogens with zero attached hydrogens (tertiary/aromatic N) is 3. The zero-order valence-corrected chi connectivity index (χ0v) is 20.1. The first-order valence-corrected chi connectivity index (χ1v) is 11.7. The number of aliphatic imine (C=N–C) groups is 1. The minimum Gasteiger partial charge on any atom is -0.485 e.